The van der Waals surface area contributed by atoms with Gasteiger partial charge in [-0.05, 0) is 36.4 Å². The van der Waals surface area contributed by atoms with Crippen molar-refractivity contribution in [3.63, 3.8) is 0 Å². The molecule has 32 heavy (non-hydrogen) atoms. The molecule has 1 aliphatic rings. The van der Waals surface area contributed by atoms with Crippen molar-refractivity contribution in [3.8, 4) is 0 Å². The predicted molar refractivity (Wildman–Crippen MR) is 113 cm³/mol. The molecular weight excluding hydrogens is 422 g/mol. The second kappa shape index (κ2) is 9.00. The number of nitrogens with one attached hydrogen (secondary N) is 2. The zero-order chi connectivity index (χ0) is 22.7. The number of amides is 2. The van der Waals surface area contributed by atoms with Crippen LogP contribution in [0.3, 0.4) is 0 Å². The fourth-order valence-corrected chi connectivity index (χ4v) is 3.33. The van der Waals surface area contributed by atoms with E-state index in [1.807, 2.05) is 17.0 Å². The lowest BCUT2D eigenvalue weighted by molar-refractivity contribution is -0.129. The fourth-order valence-electron chi connectivity index (χ4n) is 3.33. The first-order valence-electron chi connectivity index (χ1n) is 9.86. The van der Waals surface area contributed by atoms with Gasteiger partial charge in [-0.2, -0.15) is 0 Å². The number of nitrogens with zero attached hydrogens (tertiary/aromatic N) is 4. The van der Waals surface area contributed by atoms with E-state index in [1.54, 1.807) is 19.1 Å². The van der Waals surface area contributed by atoms with Crippen molar-refractivity contribution in [1.82, 2.24) is 15.1 Å². The number of hydrogen-bond donors (Lipinski definition) is 2. The second-order valence-corrected chi connectivity index (χ2v) is 7.19. The summed E-state index contributed by atoms with van der Waals surface area (Å²) in [4.78, 5) is 27.8. The average molecular weight is 442 g/mol. The van der Waals surface area contributed by atoms with E-state index in [0.717, 1.165) is 37.0 Å². The van der Waals surface area contributed by atoms with Crippen LogP contribution in [0.5, 0.6) is 0 Å². The summed E-state index contributed by atoms with van der Waals surface area (Å²) in [6.07, 6.45) is 0. The Morgan fingerprint density at radius 3 is 2.22 bits per heavy atom. The number of aromatic nitrogens is 2. The third-order valence-corrected chi connectivity index (χ3v) is 4.95. The fraction of sp³-hybridized carbons (Fsp3) is 0.238. The molecule has 0 unspecified atom stereocenters. The number of benzene rings is 2. The number of hydrogen-bond acceptors (Lipinski definition) is 7. The maximum atomic E-state index is 13.3. The first-order valence-corrected chi connectivity index (χ1v) is 9.86. The molecule has 1 aromatic heterocycles. The Hall–Kier alpha value is -4.02. The van der Waals surface area contributed by atoms with Crippen LogP contribution in [0, 0.1) is 11.6 Å². The van der Waals surface area contributed by atoms with Crippen LogP contribution in [-0.2, 0) is 4.79 Å². The largest absolute Gasteiger partial charge is 0.399 e. The van der Waals surface area contributed by atoms with Gasteiger partial charge in [0.1, 0.15) is 11.6 Å². The molecule has 2 N–H and O–H groups in total. The molecule has 3 aromatic rings. The molecule has 0 bridgehead atoms. The van der Waals surface area contributed by atoms with Gasteiger partial charge in [0.15, 0.2) is 0 Å². The standard InChI is InChI=1S/C21H20F2N6O3/c1-13(30)28-6-8-29(9-7-28)18-4-2-16(3-5-18)24-19(31)20-26-27-21(32-20)25-17-11-14(22)10-15(23)12-17/h2-5,10-12H,6-9H2,1H3,(H,24,31)(H,25,27). The molecule has 166 valence electrons. The summed E-state index contributed by atoms with van der Waals surface area (Å²) in [5.74, 6) is -2.40. The van der Waals surface area contributed by atoms with Crippen LogP contribution in [-0.4, -0.2) is 53.1 Å². The minimum atomic E-state index is -0.769. The topological polar surface area (TPSA) is 104 Å². The Kier molecular flexibility index (Phi) is 5.97. The van der Waals surface area contributed by atoms with E-state index in [9.17, 15) is 18.4 Å². The summed E-state index contributed by atoms with van der Waals surface area (Å²) < 4.78 is 31.8. The van der Waals surface area contributed by atoms with Crippen LogP contribution in [0.1, 0.15) is 17.6 Å². The predicted octanol–water partition coefficient (Wildman–Crippen LogP) is 3.01. The van der Waals surface area contributed by atoms with Crippen molar-refractivity contribution in [1.29, 1.82) is 0 Å². The van der Waals surface area contributed by atoms with Gasteiger partial charge in [-0.15, -0.1) is 5.10 Å². The summed E-state index contributed by atoms with van der Waals surface area (Å²) in [5, 5.41) is 12.5. The molecule has 0 atom stereocenters. The summed E-state index contributed by atoms with van der Waals surface area (Å²) in [6.45, 7) is 4.38. The van der Waals surface area contributed by atoms with Crippen molar-refractivity contribution in [3.05, 3.63) is 60.0 Å². The molecule has 0 spiro atoms. The summed E-state index contributed by atoms with van der Waals surface area (Å²) in [5.41, 5.74) is 1.58. The molecule has 4 rings (SSSR count). The molecule has 0 aliphatic carbocycles. The van der Waals surface area contributed by atoms with Gasteiger partial charge in [-0.25, -0.2) is 8.78 Å². The van der Waals surface area contributed by atoms with E-state index in [4.69, 9.17) is 4.42 Å². The lowest BCUT2D eigenvalue weighted by Gasteiger charge is -2.35. The van der Waals surface area contributed by atoms with Gasteiger partial charge in [0.25, 0.3) is 0 Å². The Balaban J connectivity index is 1.35. The number of anilines is 4. The Labute approximate surface area is 182 Å². The van der Waals surface area contributed by atoms with Gasteiger partial charge < -0.3 is 24.9 Å². The smallest absolute Gasteiger partial charge is 0.320 e. The van der Waals surface area contributed by atoms with Crippen molar-refractivity contribution in [2.75, 3.05) is 41.7 Å². The highest BCUT2D eigenvalue weighted by molar-refractivity contribution is 6.01. The molecule has 2 heterocycles. The van der Waals surface area contributed by atoms with E-state index >= 15 is 0 Å². The normalized spacial score (nSPS) is 13.7. The van der Waals surface area contributed by atoms with Gasteiger partial charge in [-0.1, -0.05) is 5.10 Å². The van der Waals surface area contributed by atoms with E-state index < -0.39 is 17.5 Å². The molecule has 1 saturated heterocycles. The molecule has 9 nitrogen and oxygen atoms in total. The third-order valence-electron chi connectivity index (χ3n) is 4.95. The third kappa shape index (κ3) is 4.99. The lowest BCUT2D eigenvalue weighted by Crippen LogP contribution is -2.48. The van der Waals surface area contributed by atoms with Crippen LogP contribution < -0.4 is 15.5 Å². The molecule has 1 aliphatic heterocycles. The molecule has 2 aromatic carbocycles. The molecule has 0 radical (unpaired) electrons. The zero-order valence-electron chi connectivity index (χ0n) is 17.1. The van der Waals surface area contributed by atoms with Gasteiger partial charge in [0.05, 0.1) is 0 Å². The second-order valence-electron chi connectivity index (χ2n) is 7.19. The van der Waals surface area contributed by atoms with Crippen LogP contribution in [0.25, 0.3) is 0 Å². The SMILES string of the molecule is CC(=O)N1CCN(c2ccc(NC(=O)c3nnc(Nc4cc(F)cc(F)c4)o3)cc2)CC1. The zero-order valence-corrected chi connectivity index (χ0v) is 17.1. The van der Waals surface area contributed by atoms with Gasteiger partial charge in [0, 0.05) is 56.2 Å². The van der Waals surface area contributed by atoms with Gasteiger partial charge >= 0.3 is 17.8 Å². The summed E-state index contributed by atoms with van der Waals surface area (Å²) in [7, 11) is 0. The average Bonchev–Trinajstić information content (AvgIpc) is 3.22. The number of carbonyl (C=O) groups excluding carboxylic acids is 2. The number of halogens is 2. The highest BCUT2D eigenvalue weighted by Crippen LogP contribution is 2.21. The Bertz CT molecular complexity index is 1110. The highest BCUT2D eigenvalue weighted by atomic mass is 19.1. The van der Waals surface area contributed by atoms with Crippen LogP contribution in [0.15, 0.2) is 46.9 Å². The molecule has 11 heteroatoms. The van der Waals surface area contributed by atoms with Crippen LogP contribution >= 0.6 is 0 Å². The quantitative estimate of drug-likeness (QED) is 0.626. The summed E-state index contributed by atoms with van der Waals surface area (Å²) >= 11 is 0. The Morgan fingerprint density at radius 1 is 0.938 bits per heavy atom. The van der Waals surface area contributed by atoms with Crippen LogP contribution in [0.2, 0.25) is 0 Å². The van der Waals surface area contributed by atoms with Crippen molar-refractivity contribution >= 4 is 34.9 Å². The minimum Gasteiger partial charge on any atom is -0.399 e. The molecular formula is C21H20F2N6O3. The maximum absolute atomic E-state index is 13.3. The van der Waals surface area contributed by atoms with Gasteiger partial charge in [-0.3, -0.25) is 9.59 Å². The lowest BCUT2D eigenvalue weighted by atomic mass is 10.2. The van der Waals surface area contributed by atoms with Crippen molar-refractivity contribution in [2.24, 2.45) is 0 Å². The van der Waals surface area contributed by atoms with E-state index in [1.165, 1.54) is 0 Å². The number of piperazine rings is 1. The van der Waals surface area contributed by atoms with Crippen molar-refractivity contribution in [2.45, 2.75) is 6.92 Å². The van der Waals surface area contributed by atoms with E-state index in [0.29, 0.717) is 18.8 Å². The molecule has 2 amide bonds. The summed E-state index contributed by atoms with van der Waals surface area (Å²) in [6, 6.07) is 9.89. The number of carbonyl (C=O) groups is 2. The first kappa shape index (κ1) is 21.2. The van der Waals surface area contributed by atoms with E-state index in [2.05, 4.69) is 25.7 Å². The maximum Gasteiger partial charge on any atom is 0.320 e. The Morgan fingerprint density at radius 2 is 1.59 bits per heavy atom. The van der Waals surface area contributed by atoms with Crippen molar-refractivity contribution < 1.29 is 22.8 Å². The van der Waals surface area contributed by atoms with Gasteiger partial charge in [0.2, 0.25) is 5.91 Å². The molecule has 1 fully saturated rings. The van der Waals surface area contributed by atoms with Crippen LogP contribution in [0.4, 0.5) is 31.9 Å². The highest BCUT2D eigenvalue weighted by Gasteiger charge is 2.19. The minimum absolute atomic E-state index is 0.0674. The first-order chi connectivity index (χ1) is 15.4. The number of rotatable bonds is 5. The monoisotopic (exact) mass is 442 g/mol. The van der Waals surface area contributed by atoms with E-state index in [-0.39, 0.29) is 23.5 Å². The molecule has 0 saturated carbocycles.